The minimum absolute atomic E-state index is 1.04. The summed E-state index contributed by atoms with van der Waals surface area (Å²) in [5, 5.41) is 1.06. The second kappa shape index (κ2) is 1.30. The summed E-state index contributed by atoms with van der Waals surface area (Å²) < 4.78 is 0. The summed E-state index contributed by atoms with van der Waals surface area (Å²) in [7, 11) is 1.04. The lowest BCUT2D eigenvalue weighted by Gasteiger charge is -1.64. The van der Waals surface area contributed by atoms with E-state index in [-0.39, 0.29) is 0 Å². The third kappa shape index (κ3) is 964. The number of hydrogen-bond donors (Lipinski definition) is 0. The summed E-state index contributed by atoms with van der Waals surface area (Å²) in [6, 6.07) is 0. The van der Waals surface area contributed by atoms with Crippen LogP contribution in [0.2, 0.25) is 0 Å². The van der Waals surface area contributed by atoms with Crippen molar-refractivity contribution in [1.82, 2.24) is 0 Å². The van der Waals surface area contributed by atoms with Crippen molar-refractivity contribution in [3.63, 3.8) is 0 Å². The molecule has 0 bridgehead atoms. The molecule has 0 spiro atoms. The van der Waals surface area contributed by atoms with Gasteiger partial charge in [-0.1, -0.05) is 11.8 Å². The maximum atomic E-state index is 5.09. The SMILES string of the molecule is [CH]=C(C)[SiH3]. The van der Waals surface area contributed by atoms with E-state index in [9.17, 15) is 0 Å². The molecule has 1 radical (unpaired) electrons. The fourth-order valence-electron chi connectivity index (χ4n) is 0. The molecule has 1 heteroatoms. The normalized spacial score (nSPS) is 7.25. The molecule has 0 aromatic carbocycles. The number of hydrogen-bond acceptors (Lipinski definition) is 0. The molecule has 0 nitrogen and oxygen atoms in total. The van der Waals surface area contributed by atoms with Crippen molar-refractivity contribution in [2.24, 2.45) is 0 Å². The fraction of sp³-hybridized carbons (Fsp3) is 0.333. The molecule has 0 rings (SSSR count). The van der Waals surface area contributed by atoms with E-state index in [1.165, 1.54) is 0 Å². The van der Waals surface area contributed by atoms with E-state index in [0.717, 1.165) is 15.4 Å². The Hall–Kier alpha value is -0.0431. The lowest BCUT2D eigenvalue weighted by Crippen LogP contribution is -1.57. The maximum Gasteiger partial charge on any atom is 0.0329 e. The zero-order valence-electron chi connectivity index (χ0n) is 3.08. The van der Waals surface area contributed by atoms with Crippen LogP contribution in [0.1, 0.15) is 6.92 Å². The Balaban J connectivity index is 2.80. The smallest absolute Gasteiger partial charge is 0.0329 e. The van der Waals surface area contributed by atoms with Crippen LogP contribution in [0.3, 0.4) is 0 Å². The van der Waals surface area contributed by atoms with Gasteiger partial charge in [0.1, 0.15) is 0 Å². The quantitative estimate of drug-likeness (QED) is 0.344. The van der Waals surface area contributed by atoms with E-state index < -0.39 is 0 Å². The van der Waals surface area contributed by atoms with Gasteiger partial charge in [-0.25, -0.2) is 0 Å². The molecule has 4 heavy (non-hydrogen) atoms. The summed E-state index contributed by atoms with van der Waals surface area (Å²) in [4.78, 5) is 0. The first-order valence-corrected chi connectivity index (χ1v) is 2.29. The lowest BCUT2D eigenvalue weighted by molar-refractivity contribution is 1.70. The minimum atomic E-state index is 1.04. The number of rotatable bonds is 0. The Morgan fingerprint density at radius 1 is 2.00 bits per heavy atom. The van der Waals surface area contributed by atoms with Crippen molar-refractivity contribution >= 4 is 10.2 Å². The molecule has 0 atom stereocenters. The Morgan fingerprint density at radius 2 is 2.00 bits per heavy atom. The van der Waals surface area contributed by atoms with Crippen molar-refractivity contribution in [1.29, 1.82) is 0 Å². The van der Waals surface area contributed by atoms with Crippen LogP contribution in [0, 0.1) is 6.58 Å². The van der Waals surface area contributed by atoms with E-state index in [0.29, 0.717) is 0 Å². The van der Waals surface area contributed by atoms with E-state index in [1.807, 2.05) is 6.92 Å². The average molecular weight is 71.2 g/mol. The fourth-order valence-corrected chi connectivity index (χ4v) is 0. The highest BCUT2D eigenvalue weighted by Gasteiger charge is 1.53. The first-order valence-electron chi connectivity index (χ1n) is 1.29. The molecule has 0 saturated carbocycles. The molecule has 0 aliphatic rings. The van der Waals surface area contributed by atoms with Gasteiger partial charge in [0, 0.05) is 10.2 Å². The molecule has 0 fully saturated rings. The zero-order valence-corrected chi connectivity index (χ0v) is 5.08. The maximum absolute atomic E-state index is 5.09. The topological polar surface area (TPSA) is 0 Å². The van der Waals surface area contributed by atoms with Crippen LogP contribution in [0.15, 0.2) is 5.20 Å². The molecule has 0 N–H and O–H groups in total. The van der Waals surface area contributed by atoms with Crippen LogP contribution in [-0.2, 0) is 0 Å². The molecule has 0 aliphatic carbocycles. The Bertz CT molecular complexity index is 26.3. The summed E-state index contributed by atoms with van der Waals surface area (Å²) >= 11 is 0. The zero-order chi connectivity index (χ0) is 3.58. The van der Waals surface area contributed by atoms with Crippen molar-refractivity contribution in [2.75, 3.05) is 0 Å². The highest BCUT2D eigenvalue weighted by Crippen LogP contribution is 1.64. The Kier molecular flexibility index (Phi) is 1.28. The van der Waals surface area contributed by atoms with E-state index >= 15 is 0 Å². The monoisotopic (exact) mass is 71.0 g/mol. The van der Waals surface area contributed by atoms with Gasteiger partial charge in [-0.05, 0) is 6.92 Å². The molecule has 0 aromatic rings. The number of allylic oxidation sites excluding steroid dienone is 1. The van der Waals surface area contributed by atoms with Crippen molar-refractivity contribution in [3.8, 4) is 0 Å². The Morgan fingerprint density at radius 3 is 2.00 bits per heavy atom. The highest BCUT2D eigenvalue weighted by molar-refractivity contribution is 6.20. The van der Waals surface area contributed by atoms with Crippen LogP contribution in [-0.4, -0.2) is 10.2 Å². The predicted octanol–water partition coefficient (Wildman–Crippen LogP) is -0.311. The van der Waals surface area contributed by atoms with Crippen molar-refractivity contribution in [2.45, 2.75) is 6.92 Å². The van der Waals surface area contributed by atoms with Crippen LogP contribution in [0.4, 0.5) is 0 Å². The summed E-state index contributed by atoms with van der Waals surface area (Å²) in [5.41, 5.74) is 0. The second-order valence-corrected chi connectivity index (χ2v) is 2.65. The van der Waals surface area contributed by atoms with Crippen LogP contribution < -0.4 is 0 Å². The standard InChI is InChI=1S/C3H7Si/c1-3(2)4/h1H,2,4H3. The Labute approximate surface area is 30.0 Å². The minimum Gasteiger partial charge on any atom is -0.0948 e. The second-order valence-electron chi connectivity index (χ2n) is 1.08. The van der Waals surface area contributed by atoms with Gasteiger partial charge in [-0.15, -0.1) is 0 Å². The highest BCUT2D eigenvalue weighted by atomic mass is 28.1. The third-order valence-electron chi connectivity index (χ3n) is 0. The summed E-state index contributed by atoms with van der Waals surface area (Å²) in [6.45, 7) is 7.01. The van der Waals surface area contributed by atoms with Gasteiger partial charge in [-0.2, -0.15) is 0 Å². The molecular formula is C3H7Si. The van der Waals surface area contributed by atoms with E-state index in [4.69, 9.17) is 6.58 Å². The molecule has 0 aliphatic heterocycles. The first kappa shape index (κ1) is 3.96. The van der Waals surface area contributed by atoms with Gasteiger partial charge in [-0.3, -0.25) is 0 Å². The summed E-state index contributed by atoms with van der Waals surface area (Å²) in [6.07, 6.45) is 0. The van der Waals surface area contributed by atoms with Crippen LogP contribution in [0.5, 0.6) is 0 Å². The average Bonchev–Trinajstić information content (AvgIpc) is 0.811. The van der Waals surface area contributed by atoms with Crippen molar-refractivity contribution < 1.29 is 0 Å². The predicted molar refractivity (Wildman–Crippen MR) is 23.4 cm³/mol. The van der Waals surface area contributed by atoms with E-state index in [1.54, 1.807) is 0 Å². The molecule has 0 saturated heterocycles. The summed E-state index contributed by atoms with van der Waals surface area (Å²) in [5.74, 6) is 0. The molecular weight excluding hydrogens is 64.1 g/mol. The van der Waals surface area contributed by atoms with Gasteiger partial charge < -0.3 is 0 Å². The van der Waals surface area contributed by atoms with Gasteiger partial charge in [0.25, 0.3) is 0 Å². The first-order chi connectivity index (χ1) is 1.73. The molecule has 0 unspecified atom stereocenters. The van der Waals surface area contributed by atoms with Gasteiger partial charge >= 0.3 is 0 Å². The largest absolute Gasteiger partial charge is 0.0948 e. The van der Waals surface area contributed by atoms with Crippen molar-refractivity contribution in [3.05, 3.63) is 11.8 Å². The third-order valence-corrected chi connectivity index (χ3v) is 0. The molecule has 0 aromatic heterocycles. The molecule has 0 amide bonds. The van der Waals surface area contributed by atoms with Gasteiger partial charge in [0.2, 0.25) is 0 Å². The van der Waals surface area contributed by atoms with Gasteiger partial charge in [0.05, 0.1) is 0 Å². The van der Waals surface area contributed by atoms with E-state index in [2.05, 4.69) is 0 Å². The van der Waals surface area contributed by atoms with Crippen LogP contribution in [0.25, 0.3) is 0 Å². The molecule has 23 valence electrons. The lowest BCUT2D eigenvalue weighted by atomic mass is 10.8. The van der Waals surface area contributed by atoms with Crippen LogP contribution >= 0.6 is 0 Å². The van der Waals surface area contributed by atoms with Gasteiger partial charge in [0.15, 0.2) is 0 Å². The molecule has 0 heterocycles.